The standard InChI is InChI=1S/C30H25N3OS2/c34-28(20-33-24-14-6-8-16-26(24)36-27-17-9-7-15-25(27)33)31-18-19-35-30-22-12-4-5-13-23(22)32-29(30)21-10-2-1-3-11-21/h1-17,32H,18-20H2,(H,31,34). The van der Waals surface area contributed by atoms with Crippen molar-refractivity contribution in [2.45, 2.75) is 14.7 Å². The summed E-state index contributed by atoms with van der Waals surface area (Å²) in [5, 5.41) is 4.36. The third-order valence-electron chi connectivity index (χ3n) is 6.23. The molecule has 2 N–H and O–H groups in total. The zero-order valence-corrected chi connectivity index (χ0v) is 21.2. The fraction of sp³-hybridized carbons (Fsp3) is 0.100. The number of amides is 1. The van der Waals surface area contributed by atoms with Crippen molar-refractivity contribution < 1.29 is 4.79 Å². The lowest BCUT2D eigenvalue weighted by molar-refractivity contribution is -0.119. The molecule has 5 aromatic rings. The van der Waals surface area contributed by atoms with E-state index in [1.807, 2.05) is 30.3 Å². The van der Waals surface area contributed by atoms with Crippen molar-refractivity contribution in [1.82, 2.24) is 10.3 Å². The van der Waals surface area contributed by atoms with Gasteiger partial charge in [-0.3, -0.25) is 4.79 Å². The summed E-state index contributed by atoms with van der Waals surface area (Å²) >= 11 is 3.53. The molecule has 0 radical (unpaired) electrons. The molecule has 178 valence electrons. The summed E-state index contributed by atoms with van der Waals surface area (Å²) in [4.78, 5) is 22.3. The molecule has 6 heteroatoms. The maximum absolute atomic E-state index is 13.0. The van der Waals surface area contributed by atoms with E-state index in [1.54, 1.807) is 23.5 Å². The fourth-order valence-electron chi connectivity index (χ4n) is 4.57. The van der Waals surface area contributed by atoms with Crippen LogP contribution in [0.25, 0.3) is 22.2 Å². The average Bonchev–Trinajstić information content (AvgIpc) is 3.30. The first-order valence-corrected chi connectivity index (χ1v) is 13.8. The molecule has 0 atom stereocenters. The minimum Gasteiger partial charge on any atom is -0.354 e. The van der Waals surface area contributed by atoms with Crippen LogP contribution in [0.2, 0.25) is 0 Å². The zero-order valence-electron chi connectivity index (χ0n) is 19.6. The molecule has 0 saturated carbocycles. The Hall–Kier alpha value is -3.61. The van der Waals surface area contributed by atoms with Gasteiger partial charge in [0, 0.05) is 37.9 Å². The number of rotatable bonds is 7. The number of carbonyl (C=O) groups excluding carboxylic acids is 1. The number of nitrogens with one attached hydrogen (secondary N) is 2. The first-order chi connectivity index (χ1) is 17.8. The van der Waals surface area contributed by atoms with Crippen LogP contribution in [0, 0.1) is 0 Å². The summed E-state index contributed by atoms with van der Waals surface area (Å²) in [5.74, 6) is 0.811. The summed E-state index contributed by atoms with van der Waals surface area (Å²) in [6.45, 7) is 0.894. The Kier molecular flexibility index (Phi) is 6.45. The number of benzene rings is 4. The molecule has 1 amide bonds. The molecular weight excluding hydrogens is 482 g/mol. The van der Waals surface area contributed by atoms with Gasteiger partial charge in [-0.15, -0.1) is 11.8 Å². The molecule has 6 rings (SSSR count). The SMILES string of the molecule is O=C(CN1c2ccccc2Sc2ccccc21)NCCSc1c(-c2ccccc2)[nH]c2ccccc12. The Morgan fingerprint density at radius 3 is 2.19 bits per heavy atom. The molecule has 1 aliphatic heterocycles. The fourth-order valence-corrected chi connectivity index (χ4v) is 6.72. The van der Waals surface area contributed by atoms with Gasteiger partial charge < -0.3 is 15.2 Å². The number of hydrogen-bond donors (Lipinski definition) is 2. The quantitative estimate of drug-likeness (QED) is 0.179. The first-order valence-electron chi connectivity index (χ1n) is 12.0. The normalized spacial score (nSPS) is 12.3. The molecule has 1 aliphatic rings. The Labute approximate surface area is 219 Å². The van der Waals surface area contributed by atoms with Gasteiger partial charge in [-0.2, -0.15) is 0 Å². The van der Waals surface area contributed by atoms with Gasteiger partial charge in [-0.1, -0.05) is 84.6 Å². The van der Waals surface area contributed by atoms with Crippen molar-refractivity contribution in [1.29, 1.82) is 0 Å². The van der Waals surface area contributed by atoms with Crippen molar-refractivity contribution in [2.24, 2.45) is 0 Å². The molecule has 2 heterocycles. The van der Waals surface area contributed by atoms with Gasteiger partial charge in [0.25, 0.3) is 0 Å². The van der Waals surface area contributed by atoms with Crippen LogP contribution in [0.4, 0.5) is 11.4 Å². The molecule has 0 fully saturated rings. The van der Waals surface area contributed by atoms with E-state index < -0.39 is 0 Å². The molecular formula is C30H25N3OS2. The van der Waals surface area contributed by atoms with Gasteiger partial charge >= 0.3 is 0 Å². The molecule has 0 saturated heterocycles. The van der Waals surface area contributed by atoms with Crippen LogP contribution in [0.3, 0.4) is 0 Å². The number of hydrogen-bond acceptors (Lipinski definition) is 4. The van der Waals surface area contributed by atoms with Gasteiger partial charge in [0.15, 0.2) is 0 Å². The predicted octanol–water partition coefficient (Wildman–Crippen LogP) is 7.35. The maximum atomic E-state index is 13.0. The minimum atomic E-state index is 0.0225. The van der Waals surface area contributed by atoms with Gasteiger partial charge in [0.2, 0.25) is 5.91 Å². The van der Waals surface area contributed by atoms with Crippen LogP contribution in [0.15, 0.2) is 118 Å². The Morgan fingerprint density at radius 1 is 0.806 bits per heavy atom. The number of para-hydroxylation sites is 3. The van der Waals surface area contributed by atoms with E-state index in [1.165, 1.54) is 25.6 Å². The number of aromatic nitrogens is 1. The number of carbonyl (C=O) groups is 1. The monoisotopic (exact) mass is 507 g/mol. The largest absolute Gasteiger partial charge is 0.354 e. The number of aromatic amines is 1. The number of anilines is 2. The van der Waals surface area contributed by atoms with Gasteiger partial charge in [-0.05, 0) is 35.9 Å². The summed E-state index contributed by atoms with van der Waals surface area (Å²) in [7, 11) is 0. The van der Waals surface area contributed by atoms with Crippen LogP contribution < -0.4 is 10.2 Å². The molecule has 4 aromatic carbocycles. The summed E-state index contributed by atoms with van der Waals surface area (Å²) in [6.07, 6.45) is 0. The Morgan fingerprint density at radius 2 is 1.44 bits per heavy atom. The highest BCUT2D eigenvalue weighted by atomic mass is 32.2. The number of thioether (sulfide) groups is 1. The van der Waals surface area contributed by atoms with E-state index in [0.29, 0.717) is 13.1 Å². The van der Waals surface area contributed by atoms with Crippen LogP contribution in [-0.2, 0) is 4.79 Å². The second-order valence-electron chi connectivity index (χ2n) is 8.56. The second-order valence-corrected chi connectivity index (χ2v) is 10.8. The molecule has 36 heavy (non-hydrogen) atoms. The van der Waals surface area contributed by atoms with Crippen molar-refractivity contribution in [3.8, 4) is 11.3 Å². The summed E-state index contributed by atoms with van der Waals surface area (Å²) in [5.41, 5.74) is 5.59. The number of nitrogens with zero attached hydrogens (tertiary/aromatic N) is 1. The van der Waals surface area contributed by atoms with Crippen LogP contribution in [0.5, 0.6) is 0 Å². The van der Waals surface area contributed by atoms with Gasteiger partial charge in [0.05, 0.1) is 17.1 Å². The Balaban J connectivity index is 1.14. The van der Waals surface area contributed by atoms with E-state index in [-0.39, 0.29) is 5.91 Å². The minimum absolute atomic E-state index is 0.0225. The second kappa shape index (κ2) is 10.2. The molecule has 0 bridgehead atoms. The van der Waals surface area contributed by atoms with Crippen molar-refractivity contribution in [2.75, 3.05) is 23.7 Å². The highest BCUT2D eigenvalue weighted by molar-refractivity contribution is 8.00. The lowest BCUT2D eigenvalue weighted by Crippen LogP contribution is -2.36. The van der Waals surface area contributed by atoms with Gasteiger partial charge in [-0.25, -0.2) is 0 Å². The van der Waals surface area contributed by atoms with Crippen LogP contribution in [-0.4, -0.2) is 29.7 Å². The third-order valence-corrected chi connectivity index (χ3v) is 8.48. The number of H-pyrrole nitrogens is 1. The lowest BCUT2D eigenvalue weighted by Gasteiger charge is -2.32. The van der Waals surface area contributed by atoms with Crippen molar-refractivity contribution >= 4 is 51.7 Å². The predicted molar refractivity (Wildman–Crippen MR) is 151 cm³/mol. The molecule has 0 spiro atoms. The summed E-state index contributed by atoms with van der Waals surface area (Å²) < 4.78 is 0. The Bertz CT molecular complexity index is 1480. The maximum Gasteiger partial charge on any atom is 0.239 e. The van der Waals surface area contributed by atoms with E-state index in [0.717, 1.165) is 28.3 Å². The van der Waals surface area contributed by atoms with Crippen LogP contribution >= 0.6 is 23.5 Å². The van der Waals surface area contributed by atoms with Crippen molar-refractivity contribution in [3.63, 3.8) is 0 Å². The molecule has 4 nitrogen and oxygen atoms in total. The van der Waals surface area contributed by atoms with Crippen molar-refractivity contribution in [3.05, 3.63) is 103 Å². The molecule has 0 unspecified atom stereocenters. The number of fused-ring (bicyclic) bond motifs is 3. The van der Waals surface area contributed by atoms with E-state index in [2.05, 4.69) is 88.0 Å². The van der Waals surface area contributed by atoms with E-state index in [9.17, 15) is 4.79 Å². The third kappa shape index (κ3) is 4.50. The van der Waals surface area contributed by atoms with Gasteiger partial charge in [0.1, 0.15) is 6.54 Å². The topological polar surface area (TPSA) is 48.1 Å². The highest BCUT2D eigenvalue weighted by Gasteiger charge is 2.24. The highest BCUT2D eigenvalue weighted by Crippen LogP contribution is 2.47. The van der Waals surface area contributed by atoms with Crippen LogP contribution in [0.1, 0.15) is 0 Å². The van der Waals surface area contributed by atoms with E-state index >= 15 is 0 Å². The zero-order chi connectivity index (χ0) is 24.3. The first kappa shape index (κ1) is 22.8. The average molecular weight is 508 g/mol. The molecule has 0 aliphatic carbocycles. The smallest absolute Gasteiger partial charge is 0.239 e. The van der Waals surface area contributed by atoms with E-state index in [4.69, 9.17) is 0 Å². The molecule has 1 aromatic heterocycles. The summed E-state index contributed by atoms with van der Waals surface area (Å²) in [6, 6.07) is 35.4. The lowest BCUT2D eigenvalue weighted by atomic mass is 10.1.